The van der Waals surface area contributed by atoms with E-state index < -0.39 is 0 Å². The van der Waals surface area contributed by atoms with Gasteiger partial charge in [-0.2, -0.15) is 0 Å². The van der Waals surface area contributed by atoms with Crippen LogP contribution in [-0.4, -0.2) is 27.4 Å². The topological polar surface area (TPSA) is 32.7 Å². The number of fused-ring (bicyclic) bond motifs is 4. The average molecular weight is 371 g/mol. The fourth-order valence-corrected chi connectivity index (χ4v) is 4.63. The SMILES string of the molecule is Bc1c(O)c(CCC)c(B)c2c1OCC1=Cc3cccc(CCC)c3C(=C)N12. The van der Waals surface area contributed by atoms with Crippen LogP contribution in [0.1, 0.15) is 48.9 Å². The first kappa shape index (κ1) is 18.8. The predicted octanol–water partition coefficient (Wildman–Crippen LogP) is 2.04. The summed E-state index contributed by atoms with van der Waals surface area (Å²) in [5.41, 5.74) is 9.88. The lowest BCUT2D eigenvalue weighted by Gasteiger charge is -2.41. The van der Waals surface area contributed by atoms with Gasteiger partial charge in [-0.15, -0.1) is 0 Å². The molecule has 2 aliphatic heterocycles. The Balaban J connectivity index is 1.95. The van der Waals surface area contributed by atoms with E-state index in [9.17, 15) is 5.11 Å². The molecular formula is C23H27B2NO2. The lowest BCUT2D eigenvalue weighted by molar-refractivity contribution is 0.342. The van der Waals surface area contributed by atoms with Gasteiger partial charge in [0.05, 0.1) is 11.4 Å². The Morgan fingerprint density at radius 1 is 1.14 bits per heavy atom. The van der Waals surface area contributed by atoms with Gasteiger partial charge in [0.15, 0.2) is 0 Å². The molecule has 142 valence electrons. The van der Waals surface area contributed by atoms with Crippen molar-refractivity contribution in [3.63, 3.8) is 0 Å². The molecular weight excluding hydrogens is 344 g/mol. The predicted molar refractivity (Wildman–Crippen MR) is 124 cm³/mol. The molecule has 0 unspecified atom stereocenters. The van der Waals surface area contributed by atoms with Crippen molar-refractivity contribution in [3.05, 3.63) is 52.7 Å². The van der Waals surface area contributed by atoms with Gasteiger partial charge < -0.3 is 14.7 Å². The van der Waals surface area contributed by atoms with E-state index in [0.29, 0.717) is 12.4 Å². The highest BCUT2D eigenvalue weighted by Gasteiger charge is 2.34. The molecule has 2 aliphatic rings. The van der Waals surface area contributed by atoms with Crippen molar-refractivity contribution in [3.8, 4) is 11.5 Å². The van der Waals surface area contributed by atoms with Crippen LogP contribution >= 0.6 is 0 Å². The van der Waals surface area contributed by atoms with Gasteiger partial charge in [0.2, 0.25) is 0 Å². The number of ether oxygens (including phenoxy) is 1. The van der Waals surface area contributed by atoms with E-state index in [0.717, 1.165) is 65.0 Å². The van der Waals surface area contributed by atoms with Crippen molar-refractivity contribution >= 4 is 44.1 Å². The van der Waals surface area contributed by atoms with E-state index in [1.54, 1.807) is 0 Å². The van der Waals surface area contributed by atoms with Crippen LogP contribution in [0.15, 0.2) is 30.5 Å². The van der Waals surface area contributed by atoms with Crippen LogP contribution in [0.25, 0.3) is 11.8 Å². The second-order valence-corrected chi connectivity index (χ2v) is 7.84. The van der Waals surface area contributed by atoms with Crippen molar-refractivity contribution < 1.29 is 9.84 Å². The summed E-state index contributed by atoms with van der Waals surface area (Å²) in [4.78, 5) is 2.27. The molecule has 0 atom stereocenters. The number of benzene rings is 2. The van der Waals surface area contributed by atoms with E-state index in [1.165, 1.54) is 16.7 Å². The van der Waals surface area contributed by atoms with E-state index in [1.807, 2.05) is 7.85 Å². The first-order valence-electron chi connectivity index (χ1n) is 10.3. The second-order valence-electron chi connectivity index (χ2n) is 7.84. The monoisotopic (exact) mass is 371 g/mol. The van der Waals surface area contributed by atoms with Crippen molar-refractivity contribution in [2.75, 3.05) is 11.5 Å². The number of rotatable bonds is 4. The highest BCUT2D eigenvalue weighted by atomic mass is 16.5. The van der Waals surface area contributed by atoms with Gasteiger partial charge in [0.25, 0.3) is 0 Å². The minimum atomic E-state index is 0.375. The van der Waals surface area contributed by atoms with Crippen LogP contribution < -0.4 is 20.6 Å². The minimum Gasteiger partial charge on any atom is -0.508 e. The molecule has 0 amide bonds. The molecule has 0 bridgehead atoms. The van der Waals surface area contributed by atoms with Crippen LogP contribution in [0.3, 0.4) is 0 Å². The van der Waals surface area contributed by atoms with Gasteiger partial charge in [-0.3, -0.25) is 0 Å². The van der Waals surface area contributed by atoms with Crippen LogP contribution in [-0.2, 0) is 12.8 Å². The summed E-state index contributed by atoms with van der Waals surface area (Å²) in [6.45, 7) is 9.35. The summed E-state index contributed by atoms with van der Waals surface area (Å²) < 4.78 is 6.15. The second kappa shape index (κ2) is 7.12. The standard InChI is InChI=1S/C23H27B2NO2/c1-4-7-14-9-6-10-15-11-16-12-28-23-20(25)22(27)17(8-5-2)19(24)21(23)26(16)13(3)18(14)15/h6,9-11,27H,3-5,7-8,12,24-25H2,1-2H3. The Morgan fingerprint density at radius 2 is 1.89 bits per heavy atom. The van der Waals surface area contributed by atoms with E-state index >= 15 is 0 Å². The van der Waals surface area contributed by atoms with Gasteiger partial charge in [0.1, 0.15) is 33.8 Å². The Hall–Kier alpha value is -2.55. The zero-order chi connectivity index (χ0) is 20.0. The number of hydrogen-bond acceptors (Lipinski definition) is 3. The minimum absolute atomic E-state index is 0.375. The van der Waals surface area contributed by atoms with E-state index in [2.05, 4.69) is 57.4 Å². The van der Waals surface area contributed by atoms with Crippen LogP contribution in [0.5, 0.6) is 11.5 Å². The van der Waals surface area contributed by atoms with Gasteiger partial charge in [-0.25, -0.2) is 0 Å². The molecule has 0 spiro atoms. The molecule has 2 heterocycles. The molecule has 4 rings (SSSR count). The summed E-state index contributed by atoms with van der Waals surface area (Å²) in [5, 5.41) is 10.8. The summed E-state index contributed by atoms with van der Waals surface area (Å²) >= 11 is 0. The summed E-state index contributed by atoms with van der Waals surface area (Å²) in [7, 11) is 4.04. The van der Waals surface area contributed by atoms with Crippen LogP contribution in [0.4, 0.5) is 5.69 Å². The maximum Gasteiger partial charge on any atom is 0.149 e. The number of hydrogen-bond donors (Lipinski definition) is 1. The first-order chi connectivity index (χ1) is 13.5. The normalized spacial score (nSPS) is 14.7. The van der Waals surface area contributed by atoms with Gasteiger partial charge in [0, 0.05) is 11.3 Å². The lowest BCUT2D eigenvalue weighted by atomic mass is 9.78. The summed E-state index contributed by atoms with van der Waals surface area (Å²) in [6, 6.07) is 6.51. The largest absolute Gasteiger partial charge is 0.508 e. The number of aromatic hydroxyl groups is 1. The molecule has 3 nitrogen and oxygen atoms in total. The number of phenols is 1. The maximum atomic E-state index is 10.8. The molecule has 0 saturated heterocycles. The zero-order valence-electron chi connectivity index (χ0n) is 17.4. The van der Waals surface area contributed by atoms with Crippen molar-refractivity contribution in [1.29, 1.82) is 0 Å². The molecule has 28 heavy (non-hydrogen) atoms. The van der Waals surface area contributed by atoms with E-state index in [4.69, 9.17) is 4.74 Å². The first-order valence-corrected chi connectivity index (χ1v) is 10.3. The molecule has 0 aliphatic carbocycles. The zero-order valence-corrected chi connectivity index (χ0v) is 17.4. The molecule has 5 heteroatoms. The smallest absolute Gasteiger partial charge is 0.149 e. The van der Waals surface area contributed by atoms with Crippen molar-refractivity contribution in [2.45, 2.75) is 39.5 Å². The van der Waals surface area contributed by atoms with Gasteiger partial charge in [-0.05, 0) is 41.1 Å². The quantitative estimate of drug-likeness (QED) is 0.836. The van der Waals surface area contributed by atoms with Crippen molar-refractivity contribution in [1.82, 2.24) is 0 Å². The Bertz CT molecular complexity index is 1010. The third kappa shape index (κ3) is 2.68. The Morgan fingerprint density at radius 3 is 2.61 bits per heavy atom. The van der Waals surface area contributed by atoms with Gasteiger partial charge >= 0.3 is 0 Å². The Labute approximate surface area is 169 Å². The molecule has 2 aromatic rings. The molecule has 0 fully saturated rings. The van der Waals surface area contributed by atoms with Gasteiger partial charge in [-0.1, -0.05) is 56.9 Å². The number of aryl methyl sites for hydroxylation is 1. The summed E-state index contributed by atoms with van der Waals surface area (Å²) in [5.74, 6) is 1.16. The number of anilines is 1. The Kier molecular flexibility index (Phi) is 4.78. The highest BCUT2D eigenvalue weighted by molar-refractivity contribution is 6.43. The highest BCUT2D eigenvalue weighted by Crippen LogP contribution is 2.44. The number of phenolic OH excluding ortho intramolecular Hbond substituents is 1. The average Bonchev–Trinajstić information content (AvgIpc) is 2.69. The molecule has 0 aromatic heterocycles. The lowest BCUT2D eigenvalue weighted by Crippen LogP contribution is -2.39. The fourth-order valence-electron chi connectivity index (χ4n) is 4.63. The molecule has 0 saturated carbocycles. The number of nitrogens with zero attached hydrogens (tertiary/aromatic N) is 1. The fraction of sp³-hybridized carbons (Fsp3) is 0.304. The third-order valence-electron chi connectivity index (χ3n) is 5.96. The molecule has 1 N–H and O–H groups in total. The van der Waals surface area contributed by atoms with Crippen molar-refractivity contribution in [2.24, 2.45) is 0 Å². The summed E-state index contributed by atoms with van der Waals surface area (Å²) in [6.07, 6.45) is 6.21. The third-order valence-corrected chi connectivity index (χ3v) is 5.96. The maximum absolute atomic E-state index is 10.8. The van der Waals surface area contributed by atoms with Crippen LogP contribution in [0.2, 0.25) is 0 Å². The van der Waals surface area contributed by atoms with E-state index in [-0.39, 0.29) is 0 Å². The van der Waals surface area contributed by atoms with Crippen LogP contribution in [0, 0.1) is 0 Å². The molecule has 0 radical (unpaired) electrons. The molecule has 2 aromatic carbocycles.